The number of nitrogens with zero attached hydrogens (tertiary/aromatic N) is 1. The van der Waals surface area contributed by atoms with Gasteiger partial charge in [-0.1, -0.05) is 11.6 Å². The van der Waals surface area contributed by atoms with Gasteiger partial charge < -0.3 is 9.55 Å². The summed E-state index contributed by atoms with van der Waals surface area (Å²) < 4.78 is 24.1. The van der Waals surface area contributed by atoms with Gasteiger partial charge in [-0.3, -0.25) is 4.79 Å². The summed E-state index contributed by atoms with van der Waals surface area (Å²) in [5.41, 5.74) is -0.281. The van der Waals surface area contributed by atoms with Crippen LogP contribution in [-0.4, -0.2) is 18.0 Å². The Labute approximate surface area is 95.7 Å². The largest absolute Gasteiger partial charge is 0.347 e. The number of primary sulfonamides is 1. The molecule has 6 nitrogen and oxygen atoms in total. The maximum atomic E-state index is 11.3. The first-order valence-electron chi connectivity index (χ1n) is 4.21. The zero-order valence-electron chi connectivity index (χ0n) is 8.19. The Morgan fingerprint density at radius 1 is 1.50 bits per heavy atom. The third kappa shape index (κ3) is 1.62. The van der Waals surface area contributed by atoms with E-state index in [9.17, 15) is 13.2 Å². The summed E-state index contributed by atoms with van der Waals surface area (Å²) in [5.74, 6) is 0. The number of nitrogens with one attached hydrogen (secondary N) is 1. The van der Waals surface area contributed by atoms with Crippen LogP contribution < -0.4 is 10.7 Å². The lowest BCUT2D eigenvalue weighted by molar-refractivity contribution is 0.594. The predicted molar refractivity (Wildman–Crippen MR) is 59.9 cm³/mol. The maximum absolute atomic E-state index is 11.3. The lowest BCUT2D eigenvalue weighted by Crippen LogP contribution is -2.19. The van der Waals surface area contributed by atoms with Crippen molar-refractivity contribution in [3.8, 4) is 0 Å². The molecule has 0 aliphatic carbocycles. The Balaban J connectivity index is 3.11. The van der Waals surface area contributed by atoms with Crippen LogP contribution in [0.15, 0.2) is 22.1 Å². The van der Waals surface area contributed by atoms with Gasteiger partial charge in [0.1, 0.15) is 0 Å². The van der Waals surface area contributed by atoms with Crippen molar-refractivity contribution in [3.05, 3.63) is 27.6 Å². The Kier molecular flexibility index (Phi) is 2.33. The summed E-state index contributed by atoms with van der Waals surface area (Å²) in [6, 6.07) is 1.23. The highest BCUT2D eigenvalue weighted by molar-refractivity contribution is 7.89. The van der Waals surface area contributed by atoms with Crippen LogP contribution in [0.4, 0.5) is 0 Å². The zero-order chi connectivity index (χ0) is 12.1. The summed E-state index contributed by atoms with van der Waals surface area (Å²) in [6.07, 6.45) is 1.51. The van der Waals surface area contributed by atoms with Crippen LogP contribution in [0.5, 0.6) is 0 Å². The molecule has 0 atom stereocenters. The van der Waals surface area contributed by atoms with E-state index >= 15 is 0 Å². The predicted octanol–water partition coefficient (Wildman–Crippen LogP) is 0.167. The summed E-state index contributed by atoms with van der Waals surface area (Å²) in [6.45, 7) is 0. The quantitative estimate of drug-likeness (QED) is 0.765. The number of hydrogen-bond donors (Lipinski definition) is 2. The molecule has 0 spiro atoms. The Morgan fingerprint density at radius 3 is 2.69 bits per heavy atom. The van der Waals surface area contributed by atoms with Crippen LogP contribution >= 0.6 is 11.6 Å². The Bertz CT molecular complexity index is 729. The minimum absolute atomic E-state index is 0.284. The number of hydrogen-bond acceptors (Lipinski definition) is 3. The highest BCUT2D eigenvalue weighted by Gasteiger charge is 2.18. The zero-order valence-corrected chi connectivity index (χ0v) is 9.76. The summed E-state index contributed by atoms with van der Waals surface area (Å²) in [4.78, 5) is 13.5. The van der Waals surface area contributed by atoms with Crippen molar-refractivity contribution in [2.45, 2.75) is 5.03 Å². The van der Waals surface area contributed by atoms with Crippen molar-refractivity contribution < 1.29 is 8.42 Å². The third-order valence-electron chi connectivity index (χ3n) is 2.18. The van der Waals surface area contributed by atoms with Crippen LogP contribution in [0.25, 0.3) is 10.9 Å². The van der Waals surface area contributed by atoms with Crippen molar-refractivity contribution in [2.24, 2.45) is 12.2 Å². The minimum atomic E-state index is -4.00. The fourth-order valence-electron chi connectivity index (χ4n) is 1.57. The molecule has 0 amide bonds. The van der Waals surface area contributed by atoms with Gasteiger partial charge >= 0.3 is 0 Å². The molecule has 16 heavy (non-hydrogen) atoms. The molecule has 0 fully saturated rings. The van der Waals surface area contributed by atoms with E-state index in [1.807, 2.05) is 0 Å². The number of nitrogens with two attached hydrogens (primary N) is 1. The molecule has 3 N–H and O–H groups in total. The number of halogens is 1. The number of fused-ring (bicyclic) bond motifs is 1. The van der Waals surface area contributed by atoms with Crippen molar-refractivity contribution >= 4 is 32.5 Å². The first-order valence-corrected chi connectivity index (χ1v) is 6.14. The molecule has 2 aromatic rings. The number of rotatable bonds is 1. The molecule has 0 unspecified atom stereocenters. The van der Waals surface area contributed by atoms with Gasteiger partial charge in [0, 0.05) is 24.7 Å². The number of aromatic amines is 1. The fraction of sp³-hybridized carbons (Fsp3) is 0.125. The van der Waals surface area contributed by atoms with E-state index in [-0.39, 0.29) is 10.5 Å². The summed E-state index contributed by atoms with van der Waals surface area (Å²) in [7, 11) is -2.38. The molecule has 2 heterocycles. The van der Waals surface area contributed by atoms with E-state index in [2.05, 4.69) is 4.98 Å². The second-order valence-electron chi connectivity index (χ2n) is 3.36. The standard InChI is InChI=1S/C8H8ClN3O3S/c1-12-3-5(9)4-2-6(13)11-8(7(4)12)16(10,14)15/h2-3H,1H3,(H,11,13)(H2,10,14,15). The number of aryl methyl sites for hydroxylation is 1. The van der Waals surface area contributed by atoms with Crippen LogP contribution in [0, 0.1) is 0 Å². The van der Waals surface area contributed by atoms with Gasteiger partial charge in [0.25, 0.3) is 10.0 Å². The molecule has 0 bridgehead atoms. The van der Waals surface area contributed by atoms with Crippen LogP contribution in [0.3, 0.4) is 0 Å². The van der Waals surface area contributed by atoms with Crippen LogP contribution in [0.2, 0.25) is 5.02 Å². The topological polar surface area (TPSA) is 97.9 Å². The molecule has 86 valence electrons. The van der Waals surface area contributed by atoms with Gasteiger partial charge in [-0.2, -0.15) is 0 Å². The molecular formula is C8H8ClN3O3S. The highest BCUT2D eigenvalue weighted by Crippen LogP contribution is 2.26. The Morgan fingerprint density at radius 2 is 2.12 bits per heavy atom. The Hall–Kier alpha value is -1.31. The van der Waals surface area contributed by atoms with E-state index in [1.54, 1.807) is 7.05 Å². The van der Waals surface area contributed by atoms with Gasteiger partial charge in [0.2, 0.25) is 5.56 Å². The molecule has 0 saturated carbocycles. The normalized spacial score (nSPS) is 12.2. The highest BCUT2D eigenvalue weighted by atomic mass is 35.5. The molecule has 0 aromatic carbocycles. The summed E-state index contributed by atoms with van der Waals surface area (Å²) in [5, 5.41) is 5.34. The molecule has 8 heteroatoms. The van der Waals surface area contributed by atoms with E-state index in [1.165, 1.54) is 16.8 Å². The van der Waals surface area contributed by atoms with Gasteiger partial charge in [-0.15, -0.1) is 0 Å². The molecule has 0 aliphatic heterocycles. The van der Waals surface area contributed by atoms with E-state index < -0.39 is 15.6 Å². The average Bonchev–Trinajstić information content (AvgIpc) is 2.40. The van der Waals surface area contributed by atoms with Gasteiger partial charge in [-0.25, -0.2) is 13.6 Å². The first-order chi connectivity index (χ1) is 7.30. The number of H-pyrrole nitrogens is 1. The van der Waals surface area contributed by atoms with Crippen molar-refractivity contribution in [2.75, 3.05) is 0 Å². The number of sulfonamides is 1. The molecule has 0 saturated heterocycles. The monoisotopic (exact) mass is 261 g/mol. The van der Waals surface area contributed by atoms with Crippen LogP contribution in [-0.2, 0) is 17.1 Å². The molecular weight excluding hydrogens is 254 g/mol. The smallest absolute Gasteiger partial charge is 0.255 e. The van der Waals surface area contributed by atoms with Crippen molar-refractivity contribution in [1.29, 1.82) is 0 Å². The van der Waals surface area contributed by atoms with Crippen molar-refractivity contribution in [1.82, 2.24) is 9.55 Å². The summed E-state index contributed by atoms with van der Waals surface area (Å²) >= 11 is 5.86. The third-order valence-corrected chi connectivity index (χ3v) is 3.35. The lowest BCUT2D eigenvalue weighted by atomic mass is 10.3. The molecule has 2 rings (SSSR count). The van der Waals surface area contributed by atoms with E-state index in [0.717, 1.165) is 0 Å². The van der Waals surface area contributed by atoms with Gasteiger partial charge in [-0.05, 0) is 0 Å². The molecule has 0 aliphatic rings. The van der Waals surface area contributed by atoms with E-state index in [4.69, 9.17) is 16.7 Å². The lowest BCUT2D eigenvalue weighted by Gasteiger charge is -2.02. The SMILES string of the molecule is Cn1cc(Cl)c2cc(=O)[nH]c(S(N)(=O)=O)c21. The van der Waals surface area contributed by atoms with Crippen LogP contribution in [0.1, 0.15) is 0 Å². The number of pyridine rings is 1. The van der Waals surface area contributed by atoms with Crippen molar-refractivity contribution in [3.63, 3.8) is 0 Å². The van der Waals surface area contributed by atoms with Gasteiger partial charge in [0.05, 0.1) is 10.5 Å². The second kappa shape index (κ2) is 3.34. The molecule has 2 aromatic heterocycles. The maximum Gasteiger partial charge on any atom is 0.255 e. The first kappa shape index (κ1) is 11.2. The second-order valence-corrected chi connectivity index (χ2v) is 5.26. The van der Waals surface area contributed by atoms with Gasteiger partial charge in [0.15, 0.2) is 5.03 Å². The number of aromatic nitrogens is 2. The fourth-order valence-corrected chi connectivity index (χ4v) is 2.63. The minimum Gasteiger partial charge on any atom is -0.347 e. The van der Waals surface area contributed by atoms with E-state index in [0.29, 0.717) is 10.4 Å². The molecule has 0 radical (unpaired) electrons. The average molecular weight is 262 g/mol.